The molecule has 4 heterocycles. The molecule has 1 saturated heterocycles. The van der Waals surface area contributed by atoms with Crippen LogP contribution in [0.25, 0.3) is 5.65 Å². The SMILES string of the molecule is Cc1cnc(C(=O)N2CCC[C@@H]2c2cccc3nc(C)cn23)cn1. The highest BCUT2D eigenvalue weighted by Crippen LogP contribution is 2.33. The monoisotopic (exact) mass is 321 g/mol. The van der Waals surface area contributed by atoms with Gasteiger partial charge in [-0.15, -0.1) is 0 Å². The molecule has 3 aromatic rings. The number of carbonyl (C=O) groups excluding carboxylic acids is 1. The molecule has 6 heteroatoms. The maximum Gasteiger partial charge on any atom is 0.274 e. The first kappa shape index (κ1) is 14.8. The lowest BCUT2D eigenvalue weighted by Crippen LogP contribution is -2.32. The number of aryl methyl sites for hydroxylation is 2. The Morgan fingerprint density at radius 3 is 2.83 bits per heavy atom. The van der Waals surface area contributed by atoms with Gasteiger partial charge in [-0.3, -0.25) is 9.78 Å². The summed E-state index contributed by atoms with van der Waals surface area (Å²) in [7, 11) is 0. The maximum atomic E-state index is 12.9. The van der Waals surface area contributed by atoms with Crippen molar-refractivity contribution >= 4 is 11.6 Å². The second-order valence-electron chi connectivity index (χ2n) is 6.26. The van der Waals surface area contributed by atoms with Crippen molar-refractivity contribution in [2.75, 3.05) is 6.54 Å². The molecule has 0 unspecified atom stereocenters. The smallest absolute Gasteiger partial charge is 0.274 e. The molecule has 1 aliphatic rings. The minimum Gasteiger partial charge on any atom is -0.329 e. The van der Waals surface area contributed by atoms with Gasteiger partial charge in [0.15, 0.2) is 0 Å². The summed E-state index contributed by atoms with van der Waals surface area (Å²) < 4.78 is 2.09. The van der Waals surface area contributed by atoms with E-state index in [0.717, 1.165) is 42.1 Å². The first-order valence-corrected chi connectivity index (χ1v) is 8.18. The largest absolute Gasteiger partial charge is 0.329 e. The number of pyridine rings is 1. The topological polar surface area (TPSA) is 63.4 Å². The van der Waals surface area contributed by atoms with Gasteiger partial charge in [-0.05, 0) is 38.8 Å². The fraction of sp³-hybridized carbons (Fsp3) is 0.333. The fourth-order valence-corrected chi connectivity index (χ4v) is 3.39. The van der Waals surface area contributed by atoms with Gasteiger partial charge in [0.1, 0.15) is 11.3 Å². The van der Waals surface area contributed by atoms with Crippen LogP contribution in [0.1, 0.15) is 46.5 Å². The molecule has 1 amide bonds. The molecule has 1 fully saturated rings. The molecule has 0 aliphatic carbocycles. The lowest BCUT2D eigenvalue weighted by molar-refractivity contribution is 0.0725. The predicted molar refractivity (Wildman–Crippen MR) is 89.7 cm³/mol. The van der Waals surface area contributed by atoms with Gasteiger partial charge in [0.25, 0.3) is 5.91 Å². The van der Waals surface area contributed by atoms with Crippen LogP contribution in [0.4, 0.5) is 0 Å². The van der Waals surface area contributed by atoms with Gasteiger partial charge in [-0.2, -0.15) is 0 Å². The van der Waals surface area contributed by atoms with Crippen LogP contribution in [0.3, 0.4) is 0 Å². The van der Waals surface area contributed by atoms with Gasteiger partial charge < -0.3 is 9.30 Å². The average Bonchev–Trinajstić information content (AvgIpc) is 3.19. The summed E-state index contributed by atoms with van der Waals surface area (Å²) in [5, 5.41) is 0. The van der Waals surface area contributed by atoms with Crippen LogP contribution in [0.5, 0.6) is 0 Å². The molecule has 0 N–H and O–H groups in total. The van der Waals surface area contributed by atoms with Crippen LogP contribution in [-0.2, 0) is 0 Å². The van der Waals surface area contributed by atoms with Crippen molar-refractivity contribution in [3.8, 4) is 0 Å². The van der Waals surface area contributed by atoms with E-state index in [2.05, 4.69) is 25.4 Å². The Morgan fingerprint density at radius 1 is 1.17 bits per heavy atom. The number of aromatic nitrogens is 4. The van der Waals surface area contributed by atoms with Crippen LogP contribution >= 0.6 is 0 Å². The van der Waals surface area contributed by atoms with Crippen molar-refractivity contribution in [1.82, 2.24) is 24.3 Å². The third-order valence-corrected chi connectivity index (χ3v) is 4.50. The van der Waals surface area contributed by atoms with Crippen molar-refractivity contribution in [3.63, 3.8) is 0 Å². The van der Waals surface area contributed by atoms with E-state index in [9.17, 15) is 4.79 Å². The van der Waals surface area contributed by atoms with E-state index in [4.69, 9.17) is 0 Å². The summed E-state index contributed by atoms with van der Waals surface area (Å²) in [4.78, 5) is 27.8. The fourth-order valence-electron chi connectivity index (χ4n) is 3.39. The van der Waals surface area contributed by atoms with E-state index in [1.807, 2.05) is 37.1 Å². The molecule has 1 atom stereocenters. The normalized spacial score (nSPS) is 17.6. The highest BCUT2D eigenvalue weighted by Gasteiger charge is 2.32. The molecule has 0 bridgehead atoms. The predicted octanol–water partition coefficient (Wildman–Crippen LogP) is 2.72. The minimum atomic E-state index is -0.0566. The van der Waals surface area contributed by atoms with E-state index >= 15 is 0 Å². The van der Waals surface area contributed by atoms with Crippen LogP contribution in [-0.4, -0.2) is 36.7 Å². The Hall–Kier alpha value is -2.76. The number of fused-ring (bicyclic) bond motifs is 1. The van der Waals surface area contributed by atoms with Crippen molar-refractivity contribution in [2.45, 2.75) is 32.7 Å². The van der Waals surface area contributed by atoms with E-state index in [1.54, 1.807) is 12.4 Å². The summed E-state index contributed by atoms with van der Waals surface area (Å²) in [6.45, 7) is 4.58. The summed E-state index contributed by atoms with van der Waals surface area (Å²) in [5.41, 5.74) is 4.20. The molecule has 0 radical (unpaired) electrons. The Labute approximate surface area is 140 Å². The average molecular weight is 321 g/mol. The summed E-state index contributed by atoms with van der Waals surface area (Å²) in [6, 6.07) is 6.11. The molecule has 3 aromatic heterocycles. The molecule has 24 heavy (non-hydrogen) atoms. The standard InChI is InChI=1S/C18H19N5O/c1-12-9-20-14(10-19-12)18(24)22-8-4-6-15(22)16-5-3-7-17-21-13(2)11-23(16)17/h3,5,7,9-11,15H,4,6,8H2,1-2H3/t15-/m1/s1. The number of likely N-dealkylation sites (tertiary alicyclic amines) is 1. The van der Waals surface area contributed by atoms with Crippen molar-refractivity contribution in [1.29, 1.82) is 0 Å². The van der Waals surface area contributed by atoms with Crippen molar-refractivity contribution < 1.29 is 4.79 Å². The Bertz CT molecular complexity index is 899. The van der Waals surface area contributed by atoms with Gasteiger partial charge in [0, 0.05) is 24.6 Å². The first-order chi connectivity index (χ1) is 11.6. The van der Waals surface area contributed by atoms with Gasteiger partial charge in [-0.1, -0.05) is 6.07 Å². The van der Waals surface area contributed by atoms with Gasteiger partial charge >= 0.3 is 0 Å². The molecular formula is C18H19N5O. The third kappa shape index (κ3) is 2.44. The summed E-state index contributed by atoms with van der Waals surface area (Å²) in [6.07, 6.45) is 7.16. The van der Waals surface area contributed by atoms with E-state index in [-0.39, 0.29) is 11.9 Å². The van der Waals surface area contributed by atoms with Crippen molar-refractivity contribution in [2.24, 2.45) is 0 Å². The third-order valence-electron chi connectivity index (χ3n) is 4.50. The molecule has 122 valence electrons. The number of rotatable bonds is 2. The number of amides is 1. The highest BCUT2D eigenvalue weighted by atomic mass is 16.2. The molecule has 0 aromatic carbocycles. The second-order valence-corrected chi connectivity index (χ2v) is 6.26. The van der Waals surface area contributed by atoms with Crippen molar-refractivity contribution in [3.05, 3.63) is 59.6 Å². The van der Waals surface area contributed by atoms with Crippen LogP contribution in [0, 0.1) is 13.8 Å². The zero-order chi connectivity index (χ0) is 16.7. The van der Waals surface area contributed by atoms with Gasteiger partial charge in [0.2, 0.25) is 0 Å². The minimum absolute atomic E-state index is 0.0397. The molecule has 4 rings (SSSR count). The number of imidazole rings is 1. The lowest BCUT2D eigenvalue weighted by atomic mass is 10.1. The van der Waals surface area contributed by atoms with Crippen LogP contribution in [0.2, 0.25) is 0 Å². The van der Waals surface area contributed by atoms with Crippen LogP contribution < -0.4 is 0 Å². The van der Waals surface area contributed by atoms with Crippen LogP contribution in [0.15, 0.2) is 36.8 Å². The molecule has 1 aliphatic heterocycles. The second kappa shape index (κ2) is 5.70. The number of nitrogens with zero attached hydrogens (tertiary/aromatic N) is 5. The Kier molecular flexibility index (Phi) is 3.52. The molecule has 6 nitrogen and oxygen atoms in total. The molecular weight excluding hydrogens is 302 g/mol. The quantitative estimate of drug-likeness (QED) is 0.728. The van der Waals surface area contributed by atoms with Gasteiger partial charge in [-0.25, -0.2) is 9.97 Å². The Morgan fingerprint density at radius 2 is 2.04 bits per heavy atom. The highest BCUT2D eigenvalue weighted by molar-refractivity contribution is 5.92. The zero-order valence-corrected chi connectivity index (χ0v) is 13.8. The first-order valence-electron chi connectivity index (χ1n) is 8.18. The molecule has 0 spiro atoms. The Balaban J connectivity index is 1.71. The van der Waals surface area contributed by atoms with E-state index in [0.29, 0.717) is 5.69 Å². The number of carbonyl (C=O) groups is 1. The lowest BCUT2D eigenvalue weighted by Gasteiger charge is -2.25. The zero-order valence-electron chi connectivity index (χ0n) is 13.8. The van der Waals surface area contributed by atoms with Gasteiger partial charge in [0.05, 0.1) is 23.6 Å². The maximum absolute atomic E-state index is 12.9. The summed E-state index contributed by atoms with van der Waals surface area (Å²) in [5.74, 6) is -0.0566. The van der Waals surface area contributed by atoms with E-state index in [1.165, 1.54) is 0 Å². The van der Waals surface area contributed by atoms with E-state index < -0.39 is 0 Å². The molecule has 0 saturated carbocycles. The number of hydrogen-bond acceptors (Lipinski definition) is 4. The summed E-state index contributed by atoms with van der Waals surface area (Å²) >= 11 is 0. The number of hydrogen-bond donors (Lipinski definition) is 0.